The zero-order valence-corrected chi connectivity index (χ0v) is 7.68. The number of nitrogens with one attached hydrogen (secondary N) is 2. The molecule has 0 atom stereocenters. The fourth-order valence-electron chi connectivity index (χ4n) is 1.45. The van der Waals surface area contributed by atoms with Crippen LogP contribution in [-0.4, -0.2) is 11.2 Å². The Morgan fingerprint density at radius 3 is 2.60 bits per heavy atom. The van der Waals surface area contributed by atoms with Crippen LogP contribution in [0.4, 0.5) is 16.2 Å². The van der Waals surface area contributed by atoms with Gasteiger partial charge in [-0.3, -0.25) is 10.9 Å². The molecule has 1 aromatic rings. The molecule has 0 unspecified atom stereocenters. The van der Waals surface area contributed by atoms with E-state index in [0.717, 1.165) is 16.5 Å². The maximum absolute atomic E-state index is 11.9. The number of fused-ring (bicyclic) bond motifs is 3. The van der Waals surface area contributed by atoms with Crippen molar-refractivity contribution in [3.8, 4) is 0 Å². The zero-order valence-electron chi connectivity index (χ0n) is 7.68. The van der Waals surface area contributed by atoms with E-state index in [1.54, 1.807) is 0 Å². The molecular weight excluding hydrogens is 196 g/mol. The van der Waals surface area contributed by atoms with Crippen LogP contribution in [0.3, 0.4) is 0 Å². The van der Waals surface area contributed by atoms with Gasteiger partial charge in [-0.25, -0.2) is 9.80 Å². The van der Waals surface area contributed by atoms with Gasteiger partial charge in [0.1, 0.15) is 6.26 Å². The summed E-state index contributed by atoms with van der Waals surface area (Å²) in [7, 11) is 0. The number of hydroxylamine groups is 1. The summed E-state index contributed by atoms with van der Waals surface area (Å²) >= 11 is 0. The Morgan fingerprint density at radius 2 is 2.07 bits per heavy atom. The third-order valence-electron chi connectivity index (χ3n) is 2.16. The van der Waals surface area contributed by atoms with Crippen LogP contribution in [0.15, 0.2) is 36.7 Å². The van der Waals surface area contributed by atoms with E-state index in [-0.39, 0.29) is 6.03 Å². The van der Waals surface area contributed by atoms with Gasteiger partial charge in [0.25, 0.3) is 0 Å². The van der Waals surface area contributed by atoms with Crippen molar-refractivity contribution < 1.29 is 9.63 Å². The van der Waals surface area contributed by atoms with Crippen molar-refractivity contribution in [2.75, 3.05) is 10.4 Å². The molecular formula is C9H8N4O2. The Kier molecular flexibility index (Phi) is 1.49. The van der Waals surface area contributed by atoms with E-state index in [9.17, 15) is 4.79 Å². The number of carbonyl (C=O) groups excluding carboxylic acids is 1. The first-order valence-electron chi connectivity index (χ1n) is 4.43. The van der Waals surface area contributed by atoms with Crippen LogP contribution in [0.25, 0.3) is 0 Å². The molecule has 3 aliphatic rings. The van der Waals surface area contributed by atoms with Gasteiger partial charge in [-0.2, -0.15) is 0 Å². The van der Waals surface area contributed by atoms with Gasteiger partial charge >= 0.3 is 6.03 Å². The second-order valence-corrected chi connectivity index (χ2v) is 3.11. The first kappa shape index (κ1) is 7.98. The lowest BCUT2D eigenvalue weighted by Gasteiger charge is -2.30. The minimum absolute atomic E-state index is 0.332. The van der Waals surface area contributed by atoms with Gasteiger partial charge < -0.3 is 4.84 Å². The van der Waals surface area contributed by atoms with E-state index in [1.807, 2.05) is 24.3 Å². The minimum atomic E-state index is -0.332. The summed E-state index contributed by atoms with van der Waals surface area (Å²) < 4.78 is 0. The van der Waals surface area contributed by atoms with E-state index < -0.39 is 0 Å². The van der Waals surface area contributed by atoms with Gasteiger partial charge in [0.2, 0.25) is 0 Å². The Bertz CT molecular complexity index is 420. The molecule has 2 N–H and O–H groups in total. The molecule has 3 heterocycles. The number of urea groups is 1. The largest absolute Gasteiger partial charge is 0.396 e. The number of rotatable bonds is 0. The number of hydrogen-bond donors (Lipinski definition) is 2. The van der Waals surface area contributed by atoms with Crippen molar-refractivity contribution in [2.45, 2.75) is 0 Å². The Hall–Kier alpha value is -2.37. The minimum Gasteiger partial charge on any atom is -0.361 e. The average molecular weight is 204 g/mol. The quantitative estimate of drug-likeness (QED) is 0.666. The van der Waals surface area contributed by atoms with Gasteiger partial charge in [0.15, 0.2) is 0 Å². The molecule has 0 aliphatic carbocycles. The van der Waals surface area contributed by atoms with Gasteiger partial charge in [0.05, 0.1) is 17.6 Å². The number of anilines is 2. The molecule has 0 spiro atoms. The van der Waals surface area contributed by atoms with Crippen molar-refractivity contribution >= 4 is 17.4 Å². The molecule has 0 radical (unpaired) electrons. The van der Waals surface area contributed by atoms with Crippen molar-refractivity contribution in [1.82, 2.24) is 10.6 Å². The van der Waals surface area contributed by atoms with E-state index in [2.05, 4.69) is 10.9 Å². The molecule has 0 aromatic heterocycles. The molecule has 0 fully saturated rings. The average Bonchev–Trinajstić information content (AvgIpc) is 2.83. The van der Waals surface area contributed by atoms with E-state index >= 15 is 0 Å². The van der Waals surface area contributed by atoms with Crippen LogP contribution in [0.5, 0.6) is 0 Å². The second kappa shape index (κ2) is 2.81. The monoisotopic (exact) mass is 204 g/mol. The number of amides is 2. The number of benzene rings is 1. The van der Waals surface area contributed by atoms with Crippen molar-refractivity contribution in [3.63, 3.8) is 0 Å². The Balaban J connectivity index is 1.83. The van der Waals surface area contributed by atoms with Crippen LogP contribution in [-0.2, 0) is 4.84 Å². The lowest BCUT2D eigenvalue weighted by atomic mass is 10.2. The normalized spacial score (nSPS) is 16.0. The first-order chi connectivity index (χ1) is 7.34. The molecule has 2 amide bonds. The summed E-state index contributed by atoms with van der Waals surface area (Å²) in [5, 5.41) is 2.43. The molecule has 15 heavy (non-hydrogen) atoms. The second-order valence-electron chi connectivity index (χ2n) is 3.11. The highest BCUT2D eigenvalue weighted by atomic mass is 16.7. The maximum atomic E-state index is 11.9. The summed E-state index contributed by atoms with van der Waals surface area (Å²) in [4.78, 5) is 16.8. The van der Waals surface area contributed by atoms with Crippen LogP contribution < -0.4 is 15.9 Å². The lowest BCUT2D eigenvalue weighted by molar-refractivity contribution is -0.0614. The fraction of sp³-hybridized carbons (Fsp3) is 0. The highest BCUT2D eigenvalue weighted by molar-refractivity contribution is 5.95. The molecule has 1 aromatic carbocycles. The predicted molar refractivity (Wildman–Crippen MR) is 53.1 cm³/mol. The van der Waals surface area contributed by atoms with E-state index in [0.29, 0.717) is 0 Å². The zero-order chi connectivity index (χ0) is 10.3. The fourth-order valence-corrected chi connectivity index (χ4v) is 1.45. The Morgan fingerprint density at radius 1 is 1.27 bits per heavy atom. The first-order valence-corrected chi connectivity index (χ1v) is 4.43. The van der Waals surface area contributed by atoms with E-state index in [4.69, 9.17) is 4.84 Å². The Labute approximate surface area is 85.6 Å². The SMILES string of the molecule is O=C(N1NC=CO1)N1Nc2ccc1cc2. The lowest BCUT2D eigenvalue weighted by Crippen LogP contribution is -2.49. The van der Waals surface area contributed by atoms with Gasteiger partial charge in [-0.1, -0.05) is 5.17 Å². The van der Waals surface area contributed by atoms with Crippen LogP contribution in [0.1, 0.15) is 0 Å². The van der Waals surface area contributed by atoms with Gasteiger partial charge in [-0.15, -0.1) is 0 Å². The summed E-state index contributed by atoms with van der Waals surface area (Å²) in [5.41, 5.74) is 7.21. The number of carbonyl (C=O) groups is 1. The maximum Gasteiger partial charge on any atom is 0.396 e. The number of hydrogen-bond acceptors (Lipinski definition) is 4. The predicted octanol–water partition coefficient (Wildman–Crippen LogP) is 1.18. The van der Waals surface area contributed by atoms with Crippen molar-refractivity contribution in [2.24, 2.45) is 0 Å². The van der Waals surface area contributed by atoms with Gasteiger partial charge in [-0.05, 0) is 24.3 Å². The van der Waals surface area contributed by atoms with Crippen molar-refractivity contribution in [3.05, 3.63) is 36.7 Å². The van der Waals surface area contributed by atoms with Crippen molar-refractivity contribution in [1.29, 1.82) is 0 Å². The molecule has 0 saturated carbocycles. The molecule has 3 aliphatic heterocycles. The van der Waals surface area contributed by atoms with Gasteiger partial charge in [0, 0.05) is 0 Å². The summed E-state index contributed by atoms with van der Waals surface area (Å²) in [6.45, 7) is 0. The van der Waals surface area contributed by atoms with Crippen LogP contribution in [0, 0.1) is 0 Å². The highest BCUT2D eigenvalue weighted by Gasteiger charge is 2.27. The number of nitrogens with zero attached hydrogens (tertiary/aromatic N) is 2. The summed E-state index contributed by atoms with van der Waals surface area (Å²) in [6.07, 6.45) is 2.92. The topological polar surface area (TPSA) is 56.8 Å². The summed E-state index contributed by atoms with van der Waals surface area (Å²) in [6, 6.07) is 7.17. The molecule has 6 nitrogen and oxygen atoms in total. The standard InChI is InChI=1S/C9H8N4O2/c14-9(13-10-5-6-15-13)12-8-3-1-7(11-12)2-4-8/h1-6,10-11H. The highest BCUT2D eigenvalue weighted by Crippen LogP contribution is 2.25. The molecule has 6 heteroatoms. The third-order valence-corrected chi connectivity index (χ3v) is 2.16. The van der Waals surface area contributed by atoms with E-state index in [1.165, 1.54) is 17.5 Å². The summed E-state index contributed by atoms with van der Waals surface area (Å²) in [5.74, 6) is 0. The smallest absolute Gasteiger partial charge is 0.361 e. The van der Waals surface area contributed by atoms with Crippen LogP contribution in [0.2, 0.25) is 0 Å². The molecule has 2 bridgehead atoms. The third kappa shape index (κ3) is 1.15. The molecule has 76 valence electrons. The van der Waals surface area contributed by atoms with Crippen LogP contribution >= 0.6 is 0 Å². The molecule has 0 saturated heterocycles. The molecule has 4 rings (SSSR count). The number of hydrazine groups is 2.